The van der Waals surface area contributed by atoms with Crippen LogP contribution in [0.4, 0.5) is 4.79 Å². The van der Waals surface area contributed by atoms with Gasteiger partial charge in [-0.3, -0.25) is 4.79 Å². The molecule has 1 aliphatic rings. The summed E-state index contributed by atoms with van der Waals surface area (Å²) in [5, 5.41) is 22.8. The predicted molar refractivity (Wildman–Crippen MR) is 118 cm³/mol. The highest BCUT2D eigenvalue weighted by Gasteiger charge is 2.29. The molecule has 1 aliphatic carbocycles. The van der Waals surface area contributed by atoms with Crippen molar-refractivity contribution < 1.29 is 29.3 Å². The summed E-state index contributed by atoms with van der Waals surface area (Å²) in [4.78, 5) is 35.3. The van der Waals surface area contributed by atoms with Gasteiger partial charge in [0.15, 0.2) is 0 Å². The Kier molecular flexibility index (Phi) is 7.62. The minimum atomic E-state index is -1.23. The van der Waals surface area contributed by atoms with Crippen LogP contribution in [0.1, 0.15) is 30.4 Å². The number of carboxylic acid groups (broad SMARTS) is 1. The van der Waals surface area contributed by atoms with E-state index in [9.17, 15) is 14.4 Å². The van der Waals surface area contributed by atoms with Gasteiger partial charge in [0.05, 0.1) is 0 Å². The SMILES string of the molecule is C/C(=C\CNC(=O)OCC1c2ccccc2-c2ccccc21)C(=O)N[C@H](CCO)C(=O)O. The number of rotatable bonds is 9. The van der Waals surface area contributed by atoms with Crippen molar-refractivity contribution in [2.45, 2.75) is 25.3 Å². The summed E-state index contributed by atoms with van der Waals surface area (Å²) >= 11 is 0. The smallest absolute Gasteiger partial charge is 0.407 e. The zero-order valence-electron chi connectivity index (χ0n) is 17.7. The molecular formula is C24H26N2O6. The molecule has 2 aromatic carbocycles. The monoisotopic (exact) mass is 438 g/mol. The zero-order valence-corrected chi connectivity index (χ0v) is 17.7. The molecular weight excluding hydrogens is 412 g/mol. The van der Waals surface area contributed by atoms with Gasteiger partial charge in [0.1, 0.15) is 12.6 Å². The second-order valence-corrected chi connectivity index (χ2v) is 7.47. The van der Waals surface area contributed by atoms with Gasteiger partial charge in [0.25, 0.3) is 0 Å². The highest BCUT2D eigenvalue weighted by atomic mass is 16.5. The molecule has 0 radical (unpaired) electrons. The molecule has 8 nitrogen and oxygen atoms in total. The van der Waals surface area contributed by atoms with Crippen LogP contribution in [0.5, 0.6) is 0 Å². The van der Waals surface area contributed by atoms with Crippen LogP contribution in [0, 0.1) is 0 Å². The molecule has 8 heteroatoms. The molecule has 0 heterocycles. The maximum absolute atomic E-state index is 12.2. The van der Waals surface area contributed by atoms with Crippen molar-refractivity contribution in [1.82, 2.24) is 10.6 Å². The number of alkyl carbamates (subject to hydrolysis) is 1. The highest BCUT2D eigenvalue weighted by molar-refractivity contribution is 5.95. The van der Waals surface area contributed by atoms with Crippen molar-refractivity contribution in [2.24, 2.45) is 0 Å². The Morgan fingerprint density at radius 3 is 2.22 bits per heavy atom. The van der Waals surface area contributed by atoms with Crippen LogP contribution >= 0.6 is 0 Å². The predicted octanol–water partition coefficient (Wildman–Crippen LogP) is 2.42. The fourth-order valence-corrected chi connectivity index (χ4v) is 3.69. The molecule has 3 rings (SSSR count). The summed E-state index contributed by atoms with van der Waals surface area (Å²) in [5.74, 6) is -1.85. The van der Waals surface area contributed by atoms with E-state index in [4.69, 9.17) is 14.9 Å². The summed E-state index contributed by atoms with van der Waals surface area (Å²) < 4.78 is 5.42. The molecule has 0 aromatic heterocycles. The van der Waals surface area contributed by atoms with Gasteiger partial charge in [-0.2, -0.15) is 0 Å². The van der Waals surface area contributed by atoms with Crippen molar-refractivity contribution in [3.8, 4) is 11.1 Å². The molecule has 32 heavy (non-hydrogen) atoms. The first kappa shape index (κ1) is 23.0. The van der Waals surface area contributed by atoms with E-state index in [0.717, 1.165) is 22.3 Å². The van der Waals surface area contributed by atoms with Crippen LogP contribution in [0.3, 0.4) is 0 Å². The van der Waals surface area contributed by atoms with Gasteiger partial charge in [-0.15, -0.1) is 0 Å². The number of amides is 2. The standard InChI is InChI=1S/C24H26N2O6/c1-15(22(28)26-21(11-13-27)23(29)30)10-12-25-24(31)32-14-20-18-8-4-2-6-16(18)17-7-3-5-9-19(17)20/h2-10,20-21,27H,11-14H2,1H3,(H,25,31)(H,26,28)(H,29,30)/b15-10+/t21-/m1/s1. The Morgan fingerprint density at radius 2 is 1.66 bits per heavy atom. The Hall–Kier alpha value is -3.65. The fourth-order valence-electron chi connectivity index (χ4n) is 3.69. The minimum Gasteiger partial charge on any atom is -0.480 e. The first-order chi connectivity index (χ1) is 15.4. The van der Waals surface area contributed by atoms with Crippen molar-refractivity contribution in [3.05, 3.63) is 71.3 Å². The number of carboxylic acids is 1. The molecule has 0 fully saturated rings. The van der Waals surface area contributed by atoms with Gasteiger partial charge >= 0.3 is 12.1 Å². The Labute approximate surface area is 185 Å². The van der Waals surface area contributed by atoms with Crippen LogP contribution in [-0.4, -0.2) is 54.0 Å². The lowest BCUT2D eigenvalue weighted by Crippen LogP contribution is -2.41. The number of hydrogen-bond acceptors (Lipinski definition) is 5. The number of fused-ring (bicyclic) bond motifs is 3. The van der Waals surface area contributed by atoms with E-state index >= 15 is 0 Å². The summed E-state index contributed by atoms with van der Waals surface area (Å²) in [6, 6.07) is 14.9. The molecule has 0 saturated carbocycles. The van der Waals surface area contributed by atoms with E-state index in [2.05, 4.69) is 22.8 Å². The third-order valence-corrected chi connectivity index (χ3v) is 5.38. The Balaban J connectivity index is 1.52. The number of aliphatic carboxylic acids is 1. The second kappa shape index (κ2) is 10.6. The van der Waals surface area contributed by atoms with Gasteiger partial charge in [0, 0.05) is 31.1 Å². The van der Waals surface area contributed by atoms with Crippen LogP contribution in [-0.2, 0) is 14.3 Å². The van der Waals surface area contributed by atoms with Crippen molar-refractivity contribution in [3.63, 3.8) is 0 Å². The number of aliphatic hydroxyl groups excluding tert-OH is 1. The number of hydrogen-bond donors (Lipinski definition) is 4. The first-order valence-corrected chi connectivity index (χ1v) is 10.3. The van der Waals surface area contributed by atoms with E-state index in [1.807, 2.05) is 36.4 Å². The number of ether oxygens (including phenoxy) is 1. The quantitative estimate of drug-likeness (QED) is 0.446. The Bertz CT molecular complexity index is 987. The van der Waals surface area contributed by atoms with Gasteiger partial charge in [-0.25, -0.2) is 9.59 Å². The van der Waals surface area contributed by atoms with E-state index in [0.29, 0.717) is 0 Å². The maximum atomic E-state index is 12.2. The van der Waals surface area contributed by atoms with E-state index in [-0.39, 0.29) is 37.7 Å². The first-order valence-electron chi connectivity index (χ1n) is 10.3. The number of aliphatic hydroxyl groups is 1. The molecule has 0 spiro atoms. The summed E-state index contributed by atoms with van der Waals surface area (Å²) in [6.45, 7) is 1.38. The second-order valence-electron chi connectivity index (χ2n) is 7.47. The summed E-state index contributed by atoms with van der Waals surface area (Å²) in [5.41, 5.74) is 4.76. The maximum Gasteiger partial charge on any atom is 0.407 e. The van der Waals surface area contributed by atoms with Crippen LogP contribution in [0.25, 0.3) is 11.1 Å². The van der Waals surface area contributed by atoms with E-state index in [1.165, 1.54) is 13.0 Å². The third kappa shape index (κ3) is 5.33. The zero-order chi connectivity index (χ0) is 23.1. The molecule has 0 saturated heterocycles. The molecule has 0 unspecified atom stereocenters. The van der Waals surface area contributed by atoms with Gasteiger partial charge in [-0.1, -0.05) is 54.6 Å². The summed E-state index contributed by atoms with van der Waals surface area (Å²) in [7, 11) is 0. The molecule has 0 bridgehead atoms. The Morgan fingerprint density at radius 1 is 1.06 bits per heavy atom. The molecule has 0 aliphatic heterocycles. The average Bonchev–Trinajstić information content (AvgIpc) is 3.11. The number of nitrogens with one attached hydrogen (secondary N) is 2. The molecule has 168 valence electrons. The van der Waals surface area contributed by atoms with Crippen LogP contribution < -0.4 is 10.6 Å². The normalized spacial score (nSPS) is 13.6. The van der Waals surface area contributed by atoms with Crippen molar-refractivity contribution in [2.75, 3.05) is 19.8 Å². The largest absolute Gasteiger partial charge is 0.480 e. The minimum absolute atomic E-state index is 0.0457. The van der Waals surface area contributed by atoms with Gasteiger partial charge in [-0.05, 0) is 29.2 Å². The molecule has 2 amide bonds. The lowest BCUT2D eigenvalue weighted by atomic mass is 9.98. The van der Waals surface area contributed by atoms with Crippen molar-refractivity contribution in [1.29, 1.82) is 0 Å². The topological polar surface area (TPSA) is 125 Å². The van der Waals surface area contributed by atoms with Crippen molar-refractivity contribution >= 4 is 18.0 Å². The van der Waals surface area contributed by atoms with Crippen LogP contribution in [0.15, 0.2) is 60.2 Å². The van der Waals surface area contributed by atoms with Gasteiger partial charge in [0.2, 0.25) is 5.91 Å². The van der Waals surface area contributed by atoms with Crippen LogP contribution in [0.2, 0.25) is 0 Å². The number of carbonyl (C=O) groups excluding carboxylic acids is 2. The molecule has 4 N–H and O–H groups in total. The fraction of sp³-hybridized carbons (Fsp3) is 0.292. The average molecular weight is 438 g/mol. The van der Waals surface area contributed by atoms with E-state index in [1.54, 1.807) is 0 Å². The lowest BCUT2D eigenvalue weighted by Gasteiger charge is -2.14. The lowest BCUT2D eigenvalue weighted by molar-refractivity contribution is -0.141. The molecule has 1 atom stereocenters. The number of benzene rings is 2. The summed E-state index contributed by atoms with van der Waals surface area (Å²) in [6.07, 6.45) is 0.765. The third-order valence-electron chi connectivity index (χ3n) is 5.38. The number of carbonyl (C=O) groups is 3. The highest BCUT2D eigenvalue weighted by Crippen LogP contribution is 2.44. The molecule has 2 aromatic rings. The van der Waals surface area contributed by atoms with E-state index < -0.39 is 24.0 Å². The van der Waals surface area contributed by atoms with Gasteiger partial charge < -0.3 is 25.6 Å².